The Labute approximate surface area is 123 Å². The van der Waals surface area contributed by atoms with Crippen molar-refractivity contribution in [1.82, 2.24) is 4.98 Å². The van der Waals surface area contributed by atoms with Gasteiger partial charge in [0.05, 0.1) is 13.2 Å². The molecule has 2 heterocycles. The Morgan fingerprint density at radius 3 is 2.86 bits per heavy atom. The van der Waals surface area contributed by atoms with E-state index in [1.807, 2.05) is 30.5 Å². The fourth-order valence-electron chi connectivity index (χ4n) is 2.57. The predicted molar refractivity (Wildman–Crippen MR) is 81.6 cm³/mol. The van der Waals surface area contributed by atoms with Gasteiger partial charge in [-0.25, -0.2) is 0 Å². The molecule has 0 spiro atoms. The number of hydrogen-bond donors (Lipinski definition) is 3. The minimum absolute atomic E-state index is 0.166. The number of amides is 1. The molecule has 5 N–H and O–H groups in total. The summed E-state index contributed by atoms with van der Waals surface area (Å²) in [5.74, 6) is -0.357. The quantitative estimate of drug-likeness (QED) is 0.718. The molecule has 0 radical (unpaired) electrons. The molecule has 0 saturated carbocycles. The van der Waals surface area contributed by atoms with Crippen molar-refractivity contribution in [1.29, 1.82) is 0 Å². The highest BCUT2D eigenvalue weighted by molar-refractivity contribution is 5.84. The van der Waals surface area contributed by atoms with Gasteiger partial charge in [-0.2, -0.15) is 0 Å². The van der Waals surface area contributed by atoms with E-state index in [-0.39, 0.29) is 11.9 Å². The highest BCUT2D eigenvalue weighted by Gasteiger charge is 2.42. The first-order valence-corrected chi connectivity index (χ1v) is 6.98. The molecule has 1 aliphatic heterocycles. The zero-order valence-corrected chi connectivity index (χ0v) is 11.7. The number of hydrogen-bond acceptors (Lipinski definition) is 3. The van der Waals surface area contributed by atoms with Crippen molar-refractivity contribution >= 4 is 16.8 Å². The van der Waals surface area contributed by atoms with E-state index in [9.17, 15) is 4.79 Å². The average molecular weight is 285 g/mol. The van der Waals surface area contributed by atoms with Gasteiger partial charge in [-0.05, 0) is 18.1 Å². The number of carbonyl (C=O) groups is 1. The minimum atomic E-state index is -0.669. The first-order chi connectivity index (χ1) is 10.1. The van der Waals surface area contributed by atoms with Crippen LogP contribution in [0.2, 0.25) is 0 Å². The second-order valence-corrected chi connectivity index (χ2v) is 5.60. The van der Waals surface area contributed by atoms with Crippen molar-refractivity contribution in [3.63, 3.8) is 0 Å². The maximum Gasteiger partial charge on any atom is 0.232 e. The topological polar surface area (TPSA) is 94.1 Å². The molecule has 5 heteroatoms. The van der Waals surface area contributed by atoms with E-state index in [0.29, 0.717) is 19.6 Å². The van der Waals surface area contributed by atoms with Gasteiger partial charge >= 0.3 is 0 Å². The Bertz CT molecular complexity index is 686. The monoisotopic (exact) mass is 285 g/mol. The van der Waals surface area contributed by atoms with Crippen molar-refractivity contribution in [3.05, 3.63) is 48.2 Å². The number of primary amides is 1. The molecule has 1 amide bonds. The lowest BCUT2D eigenvalue weighted by molar-refractivity contribution is -0.148. The van der Waals surface area contributed by atoms with Gasteiger partial charge in [0.2, 0.25) is 5.91 Å². The molecule has 1 aliphatic rings. The van der Waals surface area contributed by atoms with Crippen molar-refractivity contribution in [2.24, 2.45) is 16.9 Å². The smallest absolute Gasteiger partial charge is 0.232 e. The predicted octanol–water partition coefficient (Wildman–Crippen LogP) is 1.10. The highest BCUT2D eigenvalue weighted by Crippen LogP contribution is 2.29. The summed E-state index contributed by atoms with van der Waals surface area (Å²) in [6.45, 7) is 0.692. The van der Waals surface area contributed by atoms with Gasteiger partial charge in [0, 0.05) is 23.1 Å². The maximum absolute atomic E-state index is 11.5. The molecule has 5 nitrogen and oxygen atoms in total. The molecule has 3 rings (SSSR count). The van der Waals surface area contributed by atoms with Crippen LogP contribution >= 0.6 is 0 Å². The molecule has 21 heavy (non-hydrogen) atoms. The Morgan fingerprint density at radius 2 is 2.19 bits per heavy atom. The molecule has 1 atom stereocenters. The SMILES string of the molecule is NC(=O)C1(C=C[C@H](N)Cc2c[nH]c3ccccc23)COC1. The van der Waals surface area contributed by atoms with E-state index in [1.165, 1.54) is 10.9 Å². The number of aromatic amines is 1. The van der Waals surface area contributed by atoms with Gasteiger partial charge in [0.15, 0.2) is 0 Å². The van der Waals surface area contributed by atoms with Gasteiger partial charge in [0.25, 0.3) is 0 Å². The molecule has 1 saturated heterocycles. The first-order valence-electron chi connectivity index (χ1n) is 6.98. The van der Waals surface area contributed by atoms with Crippen LogP contribution < -0.4 is 11.5 Å². The third kappa shape index (κ3) is 2.57. The summed E-state index contributed by atoms with van der Waals surface area (Å²) >= 11 is 0. The molecule has 1 fully saturated rings. The normalized spacial score (nSPS) is 18.7. The van der Waals surface area contributed by atoms with Crippen LogP contribution in [0.15, 0.2) is 42.6 Å². The van der Waals surface area contributed by atoms with E-state index in [2.05, 4.69) is 11.1 Å². The molecule has 0 aliphatic carbocycles. The van der Waals surface area contributed by atoms with Crippen molar-refractivity contribution in [2.45, 2.75) is 12.5 Å². The number of ether oxygens (including phenoxy) is 1. The van der Waals surface area contributed by atoms with Gasteiger partial charge in [0.1, 0.15) is 5.41 Å². The lowest BCUT2D eigenvalue weighted by atomic mass is 9.84. The molecule has 110 valence electrons. The average Bonchev–Trinajstić information content (AvgIpc) is 2.81. The van der Waals surface area contributed by atoms with Crippen LogP contribution in [0.25, 0.3) is 10.9 Å². The molecule has 1 aromatic heterocycles. The Hall–Kier alpha value is -2.11. The highest BCUT2D eigenvalue weighted by atomic mass is 16.5. The zero-order chi connectivity index (χ0) is 14.9. The summed E-state index contributed by atoms with van der Waals surface area (Å²) < 4.78 is 5.10. The van der Waals surface area contributed by atoms with E-state index in [0.717, 1.165) is 5.52 Å². The number of fused-ring (bicyclic) bond motifs is 1. The summed E-state index contributed by atoms with van der Waals surface area (Å²) in [4.78, 5) is 14.7. The van der Waals surface area contributed by atoms with Crippen LogP contribution in [0, 0.1) is 5.41 Å². The van der Waals surface area contributed by atoms with E-state index in [1.54, 1.807) is 6.08 Å². The summed E-state index contributed by atoms with van der Waals surface area (Å²) in [6, 6.07) is 7.95. The number of rotatable bonds is 5. The van der Waals surface area contributed by atoms with Crippen molar-refractivity contribution in [3.8, 4) is 0 Å². The first kappa shape index (κ1) is 13.9. The number of carbonyl (C=O) groups excluding carboxylic acids is 1. The number of benzene rings is 1. The summed E-state index contributed by atoms with van der Waals surface area (Å²) in [7, 11) is 0. The van der Waals surface area contributed by atoms with Crippen molar-refractivity contribution < 1.29 is 9.53 Å². The Morgan fingerprint density at radius 1 is 1.43 bits per heavy atom. The number of H-pyrrole nitrogens is 1. The van der Waals surface area contributed by atoms with Crippen LogP contribution in [0.4, 0.5) is 0 Å². The lowest BCUT2D eigenvalue weighted by Gasteiger charge is -2.35. The molecule has 0 bridgehead atoms. The molecule has 2 aromatic rings. The second kappa shape index (κ2) is 5.35. The fourth-order valence-corrected chi connectivity index (χ4v) is 2.57. The summed E-state index contributed by atoms with van der Waals surface area (Å²) in [5, 5.41) is 1.18. The van der Waals surface area contributed by atoms with Gasteiger partial charge < -0.3 is 21.2 Å². The van der Waals surface area contributed by atoms with Gasteiger partial charge in [-0.3, -0.25) is 4.79 Å². The van der Waals surface area contributed by atoms with Crippen LogP contribution in [0.3, 0.4) is 0 Å². The zero-order valence-electron chi connectivity index (χ0n) is 11.7. The molecule has 1 aromatic carbocycles. The standard InChI is InChI=1S/C16H19N3O2/c17-12(5-6-16(15(18)20)9-21-10-16)7-11-8-19-14-4-2-1-3-13(11)14/h1-6,8,12,19H,7,9-10,17H2,(H2,18,20)/t12-/m0/s1. The van der Waals surface area contributed by atoms with Crippen LogP contribution in [-0.4, -0.2) is 30.1 Å². The van der Waals surface area contributed by atoms with Crippen LogP contribution in [-0.2, 0) is 16.0 Å². The molecule has 0 unspecified atom stereocenters. The van der Waals surface area contributed by atoms with E-state index >= 15 is 0 Å². The number of nitrogens with one attached hydrogen (secondary N) is 1. The Kier molecular flexibility index (Phi) is 3.53. The van der Waals surface area contributed by atoms with Crippen molar-refractivity contribution in [2.75, 3.05) is 13.2 Å². The minimum Gasteiger partial charge on any atom is -0.378 e. The van der Waals surface area contributed by atoms with E-state index in [4.69, 9.17) is 16.2 Å². The number of para-hydroxylation sites is 1. The summed E-state index contributed by atoms with van der Waals surface area (Å²) in [5.41, 5.74) is 13.2. The number of nitrogens with two attached hydrogens (primary N) is 2. The Balaban J connectivity index is 1.72. The lowest BCUT2D eigenvalue weighted by Crippen LogP contribution is -2.51. The third-order valence-corrected chi connectivity index (χ3v) is 4.00. The second-order valence-electron chi connectivity index (χ2n) is 5.60. The number of aromatic nitrogens is 1. The fraction of sp³-hybridized carbons (Fsp3) is 0.312. The van der Waals surface area contributed by atoms with Crippen LogP contribution in [0.1, 0.15) is 5.56 Å². The maximum atomic E-state index is 11.5. The van der Waals surface area contributed by atoms with E-state index < -0.39 is 5.41 Å². The molecular formula is C16H19N3O2. The summed E-state index contributed by atoms with van der Waals surface area (Å²) in [6.07, 6.45) is 6.35. The molecular weight excluding hydrogens is 266 g/mol. The van der Waals surface area contributed by atoms with Crippen LogP contribution in [0.5, 0.6) is 0 Å². The van der Waals surface area contributed by atoms with Gasteiger partial charge in [-0.15, -0.1) is 0 Å². The third-order valence-electron chi connectivity index (χ3n) is 4.00. The van der Waals surface area contributed by atoms with Gasteiger partial charge in [-0.1, -0.05) is 30.4 Å². The largest absolute Gasteiger partial charge is 0.378 e.